The van der Waals surface area contributed by atoms with Crippen LogP contribution in [0.25, 0.3) is 0 Å². The summed E-state index contributed by atoms with van der Waals surface area (Å²) < 4.78 is 5.40. The van der Waals surface area contributed by atoms with E-state index in [1.54, 1.807) is 0 Å². The average molecular weight is 255 g/mol. The highest BCUT2D eigenvalue weighted by Crippen LogP contribution is 2.15. The maximum absolute atomic E-state index is 9.28. The average Bonchev–Trinajstić information content (AvgIpc) is 2.34. The molecule has 0 aliphatic heterocycles. The van der Waals surface area contributed by atoms with Gasteiger partial charge in [-0.3, -0.25) is 10.2 Å². The molecule has 0 heterocycles. The van der Waals surface area contributed by atoms with E-state index in [0.29, 0.717) is 6.04 Å². The van der Waals surface area contributed by atoms with E-state index in [4.69, 9.17) is 4.74 Å². The Hall–Kier alpha value is -0.630. The lowest BCUT2D eigenvalue weighted by atomic mass is 9.94. The van der Waals surface area contributed by atoms with Crippen LogP contribution >= 0.6 is 0 Å². The number of hydrogen-bond acceptors (Lipinski definition) is 4. The Morgan fingerprint density at radius 2 is 2.06 bits per heavy atom. The van der Waals surface area contributed by atoms with Crippen LogP contribution < -0.4 is 5.32 Å². The summed E-state index contributed by atoms with van der Waals surface area (Å²) in [6, 6.07) is 2.76. The molecule has 2 atom stereocenters. The molecule has 0 aliphatic rings. The predicted molar refractivity (Wildman–Crippen MR) is 75.5 cm³/mol. The van der Waals surface area contributed by atoms with Gasteiger partial charge in [-0.1, -0.05) is 13.8 Å². The lowest BCUT2D eigenvalue weighted by Gasteiger charge is -2.33. The number of nitriles is 1. The van der Waals surface area contributed by atoms with Crippen molar-refractivity contribution in [1.29, 1.82) is 5.26 Å². The van der Waals surface area contributed by atoms with Crippen molar-refractivity contribution in [2.75, 3.05) is 32.8 Å². The molecule has 106 valence electrons. The van der Waals surface area contributed by atoms with E-state index in [1.807, 2.05) is 20.8 Å². The fourth-order valence-corrected chi connectivity index (χ4v) is 2.28. The lowest BCUT2D eigenvalue weighted by Crippen LogP contribution is -2.47. The molecule has 4 nitrogen and oxygen atoms in total. The van der Waals surface area contributed by atoms with Gasteiger partial charge in [0.1, 0.15) is 5.54 Å². The number of nitrogens with one attached hydrogen (secondary N) is 1. The van der Waals surface area contributed by atoms with Gasteiger partial charge in [-0.05, 0) is 40.3 Å². The van der Waals surface area contributed by atoms with Crippen molar-refractivity contribution in [3.8, 4) is 6.07 Å². The molecule has 0 saturated carbocycles. The molecule has 2 unspecified atom stereocenters. The highest BCUT2D eigenvalue weighted by Gasteiger charge is 2.27. The van der Waals surface area contributed by atoms with Gasteiger partial charge in [0, 0.05) is 19.2 Å². The first-order chi connectivity index (χ1) is 8.52. The zero-order valence-corrected chi connectivity index (χ0v) is 12.6. The van der Waals surface area contributed by atoms with E-state index in [-0.39, 0.29) is 0 Å². The number of hydrogen-bond donors (Lipinski definition) is 1. The molecule has 0 rings (SSSR count). The van der Waals surface area contributed by atoms with Crippen LogP contribution in [-0.2, 0) is 4.74 Å². The Kier molecular flexibility index (Phi) is 8.99. The molecule has 1 N–H and O–H groups in total. The van der Waals surface area contributed by atoms with Crippen LogP contribution in [0.5, 0.6) is 0 Å². The molecule has 0 aromatic rings. The third-order valence-corrected chi connectivity index (χ3v) is 3.27. The van der Waals surface area contributed by atoms with Crippen LogP contribution in [0, 0.1) is 11.3 Å². The third-order valence-electron chi connectivity index (χ3n) is 3.27. The molecule has 0 radical (unpaired) electrons. The van der Waals surface area contributed by atoms with Crippen LogP contribution in [0.15, 0.2) is 0 Å². The molecule has 0 aliphatic carbocycles. The van der Waals surface area contributed by atoms with Gasteiger partial charge < -0.3 is 4.74 Å². The second kappa shape index (κ2) is 9.32. The van der Waals surface area contributed by atoms with Crippen LogP contribution in [-0.4, -0.2) is 49.3 Å². The van der Waals surface area contributed by atoms with E-state index in [0.717, 1.165) is 39.3 Å². The Morgan fingerprint density at radius 1 is 1.39 bits per heavy atom. The summed E-state index contributed by atoms with van der Waals surface area (Å²) in [6.07, 6.45) is 0.831. The summed E-state index contributed by atoms with van der Waals surface area (Å²) in [5.74, 6) is 0. The minimum atomic E-state index is -0.437. The number of rotatable bonds is 10. The lowest BCUT2D eigenvalue weighted by molar-refractivity contribution is 0.0933. The summed E-state index contributed by atoms with van der Waals surface area (Å²) in [5.41, 5.74) is -0.437. The summed E-state index contributed by atoms with van der Waals surface area (Å²) in [5, 5.41) is 12.5. The highest BCUT2D eigenvalue weighted by atomic mass is 16.5. The Balaban J connectivity index is 4.32. The van der Waals surface area contributed by atoms with Gasteiger partial charge in [0.2, 0.25) is 0 Å². The van der Waals surface area contributed by atoms with E-state index in [2.05, 4.69) is 30.1 Å². The second-order valence-electron chi connectivity index (χ2n) is 4.85. The molecule has 0 saturated heterocycles. The van der Waals surface area contributed by atoms with Gasteiger partial charge in [0.05, 0.1) is 12.7 Å². The fourth-order valence-electron chi connectivity index (χ4n) is 2.28. The van der Waals surface area contributed by atoms with Gasteiger partial charge in [-0.15, -0.1) is 0 Å². The van der Waals surface area contributed by atoms with Crippen molar-refractivity contribution in [2.24, 2.45) is 0 Å². The predicted octanol–water partition coefficient (Wildman–Crippen LogP) is 2.02. The van der Waals surface area contributed by atoms with Crippen molar-refractivity contribution in [2.45, 2.75) is 52.6 Å². The molecular formula is C14H29N3O. The van der Waals surface area contributed by atoms with Crippen molar-refractivity contribution < 1.29 is 4.74 Å². The molecular weight excluding hydrogens is 226 g/mol. The zero-order valence-electron chi connectivity index (χ0n) is 12.6. The first-order valence-corrected chi connectivity index (χ1v) is 7.01. The summed E-state index contributed by atoms with van der Waals surface area (Å²) >= 11 is 0. The molecule has 0 aromatic carbocycles. The van der Waals surface area contributed by atoms with Crippen molar-refractivity contribution in [1.82, 2.24) is 10.2 Å². The molecule has 0 fully saturated rings. The zero-order chi connectivity index (χ0) is 14.0. The molecule has 4 heteroatoms. The van der Waals surface area contributed by atoms with Gasteiger partial charge in [0.25, 0.3) is 0 Å². The van der Waals surface area contributed by atoms with Crippen LogP contribution in [0.1, 0.15) is 41.0 Å². The maximum Gasteiger partial charge on any atom is 0.105 e. The monoisotopic (exact) mass is 255 g/mol. The number of ether oxygens (including phenoxy) is 1. The van der Waals surface area contributed by atoms with E-state index >= 15 is 0 Å². The van der Waals surface area contributed by atoms with Crippen molar-refractivity contribution in [3.63, 3.8) is 0 Å². The number of nitrogens with zero attached hydrogens (tertiary/aromatic N) is 2. The minimum Gasteiger partial charge on any atom is -0.380 e. The summed E-state index contributed by atoms with van der Waals surface area (Å²) in [6.45, 7) is 14.6. The van der Waals surface area contributed by atoms with Crippen LogP contribution in [0.2, 0.25) is 0 Å². The molecule has 0 aromatic heterocycles. The second-order valence-corrected chi connectivity index (χ2v) is 4.85. The summed E-state index contributed by atoms with van der Waals surface area (Å²) in [4.78, 5) is 2.36. The third kappa shape index (κ3) is 6.34. The van der Waals surface area contributed by atoms with Gasteiger partial charge in [-0.2, -0.15) is 5.26 Å². The fraction of sp³-hybridized carbons (Fsp3) is 0.929. The smallest absolute Gasteiger partial charge is 0.105 e. The Labute approximate surface area is 112 Å². The van der Waals surface area contributed by atoms with Crippen molar-refractivity contribution >= 4 is 0 Å². The van der Waals surface area contributed by atoms with E-state index in [1.165, 1.54) is 0 Å². The quantitative estimate of drug-likeness (QED) is 0.607. The first-order valence-electron chi connectivity index (χ1n) is 7.01. The van der Waals surface area contributed by atoms with E-state index < -0.39 is 5.54 Å². The van der Waals surface area contributed by atoms with Crippen LogP contribution in [0.4, 0.5) is 0 Å². The molecule has 0 amide bonds. The highest BCUT2D eigenvalue weighted by molar-refractivity contribution is 5.05. The molecule has 18 heavy (non-hydrogen) atoms. The van der Waals surface area contributed by atoms with Gasteiger partial charge in [0.15, 0.2) is 0 Å². The molecule has 0 bridgehead atoms. The Morgan fingerprint density at radius 3 is 2.50 bits per heavy atom. The van der Waals surface area contributed by atoms with Crippen molar-refractivity contribution in [3.05, 3.63) is 0 Å². The van der Waals surface area contributed by atoms with E-state index in [9.17, 15) is 5.26 Å². The van der Waals surface area contributed by atoms with Crippen LogP contribution in [0.3, 0.4) is 0 Å². The van der Waals surface area contributed by atoms with Gasteiger partial charge in [-0.25, -0.2) is 0 Å². The molecule has 0 spiro atoms. The minimum absolute atomic E-state index is 0.374. The Bertz CT molecular complexity index is 252. The topological polar surface area (TPSA) is 48.3 Å². The maximum atomic E-state index is 9.28. The van der Waals surface area contributed by atoms with Gasteiger partial charge >= 0.3 is 0 Å². The largest absolute Gasteiger partial charge is 0.380 e. The SMILES string of the molecule is CCNC(C)(C#N)CC(C)N(CC)CCOCC. The summed E-state index contributed by atoms with van der Waals surface area (Å²) in [7, 11) is 0. The standard InChI is InChI=1S/C14H29N3O/c1-6-16-14(5,12-15)11-13(4)17(7-2)9-10-18-8-3/h13,16H,6-11H2,1-5H3. The normalized spacial score (nSPS) is 16.3. The number of likely N-dealkylation sites (N-methyl/N-ethyl adjacent to an activating group) is 1. The first kappa shape index (κ1) is 17.4.